The van der Waals surface area contributed by atoms with Crippen molar-refractivity contribution in [3.8, 4) is 0 Å². The molecule has 1 N–H and O–H groups in total. The predicted molar refractivity (Wildman–Crippen MR) is 75.7 cm³/mol. The van der Waals surface area contributed by atoms with E-state index in [4.69, 9.17) is 4.74 Å². The summed E-state index contributed by atoms with van der Waals surface area (Å²) in [6, 6.07) is 7.67. The number of alkyl carbamates (subject to hydrolysis) is 1. The first-order chi connectivity index (χ1) is 10.5. The van der Waals surface area contributed by atoms with E-state index in [1.54, 1.807) is 6.92 Å². The lowest BCUT2D eigenvalue weighted by molar-refractivity contribution is -0.144. The molecule has 0 heterocycles. The van der Waals surface area contributed by atoms with Gasteiger partial charge >= 0.3 is 12.1 Å². The van der Waals surface area contributed by atoms with Crippen LogP contribution in [-0.4, -0.2) is 37.7 Å². The second kappa shape index (κ2) is 9.70. The molecule has 7 heteroatoms. The Hall–Kier alpha value is -2.18. The molecule has 1 atom stereocenters. The van der Waals surface area contributed by atoms with Crippen molar-refractivity contribution in [2.45, 2.75) is 32.2 Å². The van der Waals surface area contributed by atoms with E-state index in [-0.39, 0.29) is 13.2 Å². The van der Waals surface area contributed by atoms with Gasteiger partial charge in [0, 0.05) is 6.42 Å². The first-order valence-corrected chi connectivity index (χ1v) is 6.94. The molecule has 5 nitrogen and oxygen atoms in total. The van der Waals surface area contributed by atoms with E-state index in [9.17, 15) is 18.4 Å². The number of carbonyl (C=O) groups excluding carboxylic acids is 2. The summed E-state index contributed by atoms with van der Waals surface area (Å²) in [5.41, 5.74) is 0.965. The Labute approximate surface area is 127 Å². The maximum Gasteiger partial charge on any atom is 0.407 e. The quantitative estimate of drug-likeness (QED) is 0.749. The Kier molecular flexibility index (Phi) is 7.88. The second-order valence-corrected chi connectivity index (χ2v) is 4.47. The van der Waals surface area contributed by atoms with E-state index < -0.39 is 31.0 Å². The summed E-state index contributed by atoms with van der Waals surface area (Å²) < 4.78 is 34.9. The van der Waals surface area contributed by atoms with Crippen molar-refractivity contribution < 1.29 is 27.8 Å². The summed E-state index contributed by atoms with van der Waals surface area (Å²) in [4.78, 5) is 22.7. The zero-order valence-corrected chi connectivity index (χ0v) is 12.3. The highest BCUT2D eigenvalue weighted by Crippen LogP contribution is 2.07. The van der Waals surface area contributed by atoms with Crippen molar-refractivity contribution in [1.82, 2.24) is 5.32 Å². The van der Waals surface area contributed by atoms with Crippen molar-refractivity contribution >= 4 is 12.1 Å². The van der Waals surface area contributed by atoms with Gasteiger partial charge in [-0.15, -0.1) is 0 Å². The molecule has 1 amide bonds. The summed E-state index contributed by atoms with van der Waals surface area (Å²) in [7, 11) is 0. The van der Waals surface area contributed by atoms with Crippen molar-refractivity contribution in [3.63, 3.8) is 0 Å². The number of nitrogens with one attached hydrogen (secondary N) is 1. The van der Waals surface area contributed by atoms with Crippen molar-refractivity contribution in [2.75, 3.05) is 13.2 Å². The Bertz CT molecular complexity index is 468. The van der Waals surface area contributed by atoms with Crippen LogP contribution in [0.4, 0.5) is 13.6 Å². The minimum atomic E-state index is -2.88. The number of benzene rings is 1. The van der Waals surface area contributed by atoms with Crippen LogP contribution in [0.2, 0.25) is 0 Å². The maximum absolute atomic E-state index is 12.8. The normalized spacial score (nSPS) is 11.8. The van der Waals surface area contributed by atoms with Crippen molar-refractivity contribution in [2.24, 2.45) is 0 Å². The molecule has 0 saturated heterocycles. The third-order valence-corrected chi connectivity index (χ3v) is 2.77. The molecule has 0 aliphatic heterocycles. The van der Waals surface area contributed by atoms with Gasteiger partial charge in [0.25, 0.3) is 6.43 Å². The van der Waals surface area contributed by atoms with Crippen molar-refractivity contribution in [3.05, 3.63) is 35.9 Å². The van der Waals surface area contributed by atoms with E-state index in [1.807, 2.05) is 35.6 Å². The average molecular weight is 315 g/mol. The molecule has 0 aliphatic carbocycles. The molecule has 0 fully saturated rings. The fraction of sp³-hybridized carbons (Fsp3) is 0.467. The van der Waals surface area contributed by atoms with Crippen LogP contribution in [0.25, 0.3) is 0 Å². The molecule has 122 valence electrons. The summed E-state index contributed by atoms with van der Waals surface area (Å²) in [5, 5.41) is 1.98. The zero-order chi connectivity index (χ0) is 16.4. The van der Waals surface area contributed by atoms with E-state index in [0.717, 1.165) is 5.56 Å². The predicted octanol–water partition coefficient (Wildman–Crippen LogP) is 2.54. The van der Waals surface area contributed by atoms with Gasteiger partial charge in [0.15, 0.2) is 0 Å². The van der Waals surface area contributed by atoms with Gasteiger partial charge < -0.3 is 14.8 Å². The number of esters is 1. The van der Waals surface area contributed by atoms with Crippen LogP contribution >= 0.6 is 0 Å². The molecule has 0 saturated carbocycles. The second-order valence-electron chi connectivity index (χ2n) is 4.47. The molecule has 1 aromatic carbocycles. The minimum Gasteiger partial charge on any atom is -0.466 e. The van der Waals surface area contributed by atoms with Crippen LogP contribution in [0.1, 0.15) is 18.9 Å². The number of alkyl halides is 2. The van der Waals surface area contributed by atoms with Gasteiger partial charge in [0.2, 0.25) is 0 Å². The third kappa shape index (κ3) is 7.01. The van der Waals surface area contributed by atoms with Gasteiger partial charge in [0.05, 0.1) is 19.6 Å². The number of hydrogen-bond donors (Lipinski definition) is 1. The lowest BCUT2D eigenvalue weighted by Crippen LogP contribution is -2.42. The summed E-state index contributed by atoms with van der Waals surface area (Å²) >= 11 is 0. The van der Waals surface area contributed by atoms with E-state index in [1.165, 1.54) is 0 Å². The van der Waals surface area contributed by atoms with Crippen LogP contribution in [0.3, 0.4) is 0 Å². The Morgan fingerprint density at radius 3 is 2.45 bits per heavy atom. The fourth-order valence-electron chi connectivity index (χ4n) is 1.70. The first-order valence-electron chi connectivity index (χ1n) is 6.94. The maximum atomic E-state index is 12.8. The average Bonchev–Trinajstić information content (AvgIpc) is 2.48. The van der Waals surface area contributed by atoms with Crippen LogP contribution in [0.15, 0.2) is 30.3 Å². The molecule has 1 unspecified atom stereocenters. The highest BCUT2D eigenvalue weighted by Gasteiger charge is 2.26. The molecule has 0 aromatic heterocycles. The largest absolute Gasteiger partial charge is 0.466 e. The number of hydrogen-bond acceptors (Lipinski definition) is 4. The summed E-state index contributed by atoms with van der Waals surface area (Å²) in [5.74, 6) is -0.794. The fourth-order valence-corrected chi connectivity index (χ4v) is 1.70. The summed E-state index contributed by atoms with van der Waals surface area (Å²) in [6.07, 6.45) is -3.98. The van der Waals surface area contributed by atoms with Gasteiger partial charge in [0.1, 0.15) is 6.04 Å². The SMILES string of the molecule is CCOC(=O)CC(NC(=O)OCCc1ccccc1)C(F)F. The standard InChI is InChI=1S/C15H19F2NO4/c1-2-21-13(19)10-12(14(16)17)18-15(20)22-9-8-11-6-4-3-5-7-11/h3-7,12,14H,2,8-10H2,1H3,(H,18,20). The van der Waals surface area contributed by atoms with Gasteiger partial charge in [-0.05, 0) is 12.5 Å². The lowest BCUT2D eigenvalue weighted by atomic mass is 10.2. The van der Waals surface area contributed by atoms with Crippen LogP contribution in [-0.2, 0) is 20.7 Å². The smallest absolute Gasteiger partial charge is 0.407 e. The van der Waals surface area contributed by atoms with E-state index in [0.29, 0.717) is 6.42 Å². The molecule has 1 aromatic rings. The number of rotatable bonds is 8. The number of halogens is 2. The Morgan fingerprint density at radius 1 is 1.18 bits per heavy atom. The van der Waals surface area contributed by atoms with Crippen LogP contribution in [0.5, 0.6) is 0 Å². The van der Waals surface area contributed by atoms with Crippen LogP contribution < -0.4 is 5.32 Å². The molecule has 0 radical (unpaired) electrons. The molecular formula is C15H19F2NO4. The number of amides is 1. The lowest BCUT2D eigenvalue weighted by Gasteiger charge is -2.16. The molecular weight excluding hydrogens is 296 g/mol. The van der Waals surface area contributed by atoms with Gasteiger partial charge in [-0.25, -0.2) is 13.6 Å². The first kappa shape index (κ1) is 17.9. The van der Waals surface area contributed by atoms with Gasteiger partial charge in [-0.1, -0.05) is 30.3 Å². The third-order valence-electron chi connectivity index (χ3n) is 2.77. The topological polar surface area (TPSA) is 64.6 Å². The Morgan fingerprint density at radius 2 is 1.86 bits per heavy atom. The number of ether oxygens (including phenoxy) is 2. The van der Waals surface area contributed by atoms with Gasteiger partial charge in [-0.3, -0.25) is 4.79 Å². The molecule has 22 heavy (non-hydrogen) atoms. The van der Waals surface area contributed by atoms with Crippen LogP contribution in [0, 0.1) is 0 Å². The highest BCUT2D eigenvalue weighted by molar-refractivity contribution is 5.72. The molecule has 0 spiro atoms. The summed E-state index contributed by atoms with van der Waals surface area (Å²) in [6.45, 7) is 1.72. The van der Waals surface area contributed by atoms with Gasteiger partial charge in [-0.2, -0.15) is 0 Å². The van der Waals surface area contributed by atoms with Crippen molar-refractivity contribution in [1.29, 1.82) is 0 Å². The molecule has 1 rings (SSSR count). The molecule has 0 aliphatic rings. The highest BCUT2D eigenvalue weighted by atomic mass is 19.3. The Balaban J connectivity index is 2.35. The minimum absolute atomic E-state index is 0.0607. The molecule has 0 bridgehead atoms. The van der Waals surface area contributed by atoms with E-state index >= 15 is 0 Å². The van der Waals surface area contributed by atoms with E-state index in [2.05, 4.69) is 4.74 Å². The zero-order valence-electron chi connectivity index (χ0n) is 12.3. The monoisotopic (exact) mass is 315 g/mol. The number of carbonyl (C=O) groups is 2.